The Morgan fingerprint density at radius 3 is 2.73 bits per heavy atom. The van der Waals surface area contributed by atoms with Crippen LogP contribution in [0.2, 0.25) is 0 Å². The van der Waals surface area contributed by atoms with E-state index in [0.29, 0.717) is 12.0 Å². The van der Waals surface area contributed by atoms with E-state index >= 15 is 0 Å². The molecule has 0 amide bonds. The van der Waals surface area contributed by atoms with E-state index in [0.717, 1.165) is 29.0 Å². The Kier molecular flexibility index (Phi) is 3.40. The van der Waals surface area contributed by atoms with Crippen molar-refractivity contribution >= 4 is 28.5 Å². The molecule has 0 aromatic carbocycles. The summed E-state index contributed by atoms with van der Waals surface area (Å²) >= 11 is 2.21. The fourth-order valence-electron chi connectivity index (χ4n) is 2.05. The summed E-state index contributed by atoms with van der Waals surface area (Å²) in [5.41, 5.74) is 5.69. The molecule has 5 heteroatoms. The standard InChI is InChI=1S/C10H15IN4/c1-7-2-8(3-12)6-15(7)10-13-4-9(11)5-14-10/h4-5,7-8H,2-3,6,12H2,1H3. The lowest BCUT2D eigenvalue weighted by Gasteiger charge is -2.20. The summed E-state index contributed by atoms with van der Waals surface area (Å²) in [4.78, 5) is 10.9. The fraction of sp³-hybridized carbons (Fsp3) is 0.600. The molecule has 2 rings (SSSR count). The molecule has 0 aliphatic carbocycles. The molecule has 2 heterocycles. The van der Waals surface area contributed by atoms with Crippen molar-refractivity contribution in [3.8, 4) is 0 Å². The smallest absolute Gasteiger partial charge is 0.225 e. The van der Waals surface area contributed by atoms with Crippen LogP contribution in [0.3, 0.4) is 0 Å². The molecule has 2 atom stereocenters. The topological polar surface area (TPSA) is 55.0 Å². The van der Waals surface area contributed by atoms with Gasteiger partial charge in [-0.25, -0.2) is 9.97 Å². The minimum atomic E-state index is 0.499. The molecule has 0 radical (unpaired) electrons. The maximum absolute atomic E-state index is 5.69. The van der Waals surface area contributed by atoms with Gasteiger partial charge in [-0.15, -0.1) is 0 Å². The monoisotopic (exact) mass is 318 g/mol. The lowest BCUT2D eigenvalue weighted by molar-refractivity contribution is 0.579. The molecule has 0 saturated carbocycles. The van der Waals surface area contributed by atoms with Crippen molar-refractivity contribution in [3.63, 3.8) is 0 Å². The van der Waals surface area contributed by atoms with Crippen molar-refractivity contribution in [2.45, 2.75) is 19.4 Å². The molecule has 1 aromatic heterocycles. The molecule has 1 fully saturated rings. The number of rotatable bonds is 2. The van der Waals surface area contributed by atoms with Gasteiger partial charge >= 0.3 is 0 Å². The molecule has 1 saturated heterocycles. The zero-order chi connectivity index (χ0) is 10.8. The molecule has 15 heavy (non-hydrogen) atoms. The summed E-state index contributed by atoms with van der Waals surface area (Å²) in [6, 6.07) is 0.499. The third kappa shape index (κ3) is 2.39. The number of aromatic nitrogens is 2. The van der Waals surface area contributed by atoms with Gasteiger partial charge in [0.05, 0.1) is 0 Å². The van der Waals surface area contributed by atoms with E-state index in [4.69, 9.17) is 5.73 Å². The predicted molar refractivity (Wildman–Crippen MR) is 68.7 cm³/mol. The van der Waals surface area contributed by atoms with E-state index in [1.54, 1.807) is 0 Å². The molecule has 0 spiro atoms. The van der Waals surface area contributed by atoms with Crippen LogP contribution in [0.15, 0.2) is 12.4 Å². The molecule has 0 bridgehead atoms. The first kappa shape index (κ1) is 11.1. The summed E-state index contributed by atoms with van der Waals surface area (Å²) in [5.74, 6) is 1.42. The van der Waals surface area contributed by atoms with Gasteiger partial charge < -0.3 is 10.6 Å². The van der Waals surface area contributed by atoms with Gasteiger partial charge in [-0.05, 0) is 48.4 Å². The van der Waals surface area contributed by atoms with E-state index in [1.807, 2.05) is 12.4 Å². The highest BCUT2D eigenvalue weighted by Gasteiger charge is 2.29. The van der Waals surface area contributed by atoms with Crippen LogP contribution in [-0.4, -0.2) is 29.1 Å². The van der Waals surface area contributed by atoms with Crippen LogP contribution in [-0.2, 0) is 0 Å². The maximum Gasteiger partial charge on any atom is 0.225 e. The molecule has 82 valence electrons. The van der Waals surface area contributed by atoms with Crippen LogP contribution in [0.4, 0.5) is 5.95 Å². The highest BCUT2D eigenvalue weighted by atomic mass is 127. The van der Waals surface area contributed by atoms with Gasteiger partial charge in [0.1, 0.15) is 0 Å². The van der Waals surface area contributed by atoms with Gasteiger partial charge in [0, 0.05) is 28.6 Å². The Balaban J connectivity index is 2.14. The third-order valence-electron chi connectivity index (χ3n) is 2.86. The normalized spacial score (nSPS) is 25.9. The molecule has 2 unspecified atom stereocenters. The third-order valence-corrected chi connectivity index (χ3v) is 3.42. The van der Waals surface area contributed by atoms with Crippen molar-refractivity contribution in [2.75, 3.05) is 18.0 Å². The zero-order valence-corrected chi connectivity index (χ0v) is 10.9. The Labute approximate surface area is 103 Å². The van der Waals surface area contributed by atoms with E-state index in [-0.39, 0.29) is 0 Å². The lowest BCUT2D eigenvalue weighted by Crippen LogP contribution is -2.29. The largest absolute Gasteiger partial charge is 0.338 e. The van der Waals surface area contributed by atoms with Gasteiger partial charge in [-0.3, -0.25) is 0 Å². The molecule has 1 aliphatic rings. The van der Waals surface area contributed by atoms with Crippen molar-refractivity contribution in [2.24, 2.45) is 11.7 Å². The Bertz CT molecular complexity index is 327. The Hall–Kier alpha value is -0.430. The quantitative estimate of drug-likeness (QED) is 0.834. The Morgan fingerprint density at radius 1 is 1.53 bits per heavy atom. The average Bonchev–Trinajstić information content (AvgIpc) is 2.61. The molecule has 1 aliphatic heterocycles. The van der Waals surface area contributed by atoms with Crippen molar-refractivity contribution < 1.29 is 0 Å². The summed E-state index contributed by atoms with van der Waals surface area (Å²) in [6.07, 6.45) is 4.85. The number of nitrogens with two attached hydrogens (primary N) is 1. The second-order valence-corrected chi connectivity index (χ2v) is 5.29. The van der Waals surface area contributed by atoms with Crippen molar-refractivity contribution in [3.05, 3.63) is 16.0 Å². The zero-order valence-electron chi connectivity index (χ0n) is 8.73. The number of hydrogen-bond donors (Lipinski definition) is 1. The van der Waals surface area contributed by atoms with E-state index in [1.165, 1.54) is 0 Å². The summed E-state index contributed by atoms with van der Waals surface area (Å²) < 4.78 is 1.07. The van der Waals surface area contributed by atoms with Crippen molar-refractivity contribution in [1.29, 1.82) is 0 Å². The average molecular weight is 318 g/mol. The first-order valence-corrected chi connectivity index (χ1v) is 6.23. The molecule has 1 aromatic rings. The molecular formula is C10H15IN4. The van der Waals surface area contributed by atoms with E-state index in [2.05, 4.69) is 44.4 Å². The van der Waals surface area contributed by atoms with Gasteiger partial charge in [0.25, 0.3) is 0 Å². The highest BCUT2D eigenvalue weighted by molar-refractivity contribution is 14.1. The van der Waals surface area contributed by atoms with Crippen LogP contribution in [0.5, 0.6) is 0 Å². The predicted octanol–water partition coefficient (Wildman–Crippen LogP) is 1.25. The second-order valence-electron chi connectivity index (χ2n) is 4.04. The molecule has 4 nitrogen and oxygen atoms in total. The second kappa shape index (κ2) is 4.61. The maximum atomic E-state index is 5.69. The lowest BCUT2D eigenvalue weighted by atomic mass is 10.1. The fourth-order valence-corrected chi connectivity index (χ4v) is 2.32. The first-order chi connectivity index (χ1) is 7.20. The summed E-state index contributed by atoms with van der Waals surface area (Å²) in [6.45, 7) is 3.94. The summed E-state index contributed by atoms with van der Waals surface area (Å²) in [5, 5.41) is 0. The number of halogens is 1. The number of anilines is 1. The van der Waals surface area contributed by atoms with E-state index < -0.39 is 0 Å². The van der Waals surface area contributed by atoms with Gasteiger partial charge in [0.15, 0.2) is 0 Å². The Morgan fingerprint density at radius 2 is 2.20 bits per heavy atom. The van der Waals surface area contributed by atoms with Gasteiger partial charge in [-0.2, -0.15) is 0 Å². The SMILES string of the molecule is CC1CC(CN)CN1c1ncc(I)cn1. The number of hydrogen-bond acceptors (Lipinski definition) is 4. The first-order valence-electron chi connectivity index (χ1n) is 5.15. The van der Waals surface area contributed by atoms with Crippen molar-refractivity contribution in [1.82, 2.24) is 9.97 Å². The van der Waals surface area contributed by atoms with Crippen LogP contribution >= 0.6 is 22.6 Å². The minimum Gasteiger partial charge on any atom is -0.338 e. The highest BCUT2D eigenvalue weighted by Crippen LogP contribution is 2.25. The van der Waals surface area contributed by atoms with Crippen LogP contribution in [0.1, 0.15) is 13.3 Å². The van der Waals surface area contributed by atoms with Crippen LogP contribution < -0.4 is 10.6 Å². The minimum absolute atomic E-state index is 0.499. The van der Waals surface area contributed by atoms with Crippen LogP contribution in [0, 0.1) is 9.49 Å². The van der Waals surface area contributed by atoms with Crippen LogP contribution in [0.25, 0.3) is 0 Å². The van der Waals surface area contributed by atoms with Gasteiger partial charge in [-0.1, -0.05) is 0 Å². The number of nitrogens with zero attached hydrogens (tertiary/aromatic N) is 3. The molecular weight excluding hydrogens is 303 g/mol. The summed E-state index contributed by atoms with van der Waals surface area (Å²) in [7, 11) is 0. The van der Waals surface area contributed by atoms with E-state index in [9.17, 15) is 0 Å². The van der Waals surface area contributed by atoms with Gasteiger partial charge in [0.2, 0.25) is 5.95 Å². The molecule has 2 N–H and O–H groups in total.